The van der Waals surface area contributed by atoms with Crippen LogP contribution in [0, 0.1) is 11.3 Å². The van der Waals surface area contributed by atoms with Crippen molar-refractivity contribution in [1.82, 2.24) is 0 Å². The number of hydrogen-bond donors (Lipinski definition) is 0. The van der Waals surface area contributed by atoms with Gasteiger partial charge in [-0.15, -0.1) is 0 Å². The quantitative estimate of drug-likeness (QED) is 0.669. The highest BCUT2D eigenvalue weighted by Crippen LogP contribution is 2.39. The van der Waals surface area contributed by atoms with Crippen LogP contribution < -0.4 is 0 Å². The molecule has 0 aromatic rings. The van der Waals surface area contributed by atoms with E-state index in [1.54, 1.807) is 0 Å². The summed E-state index contributed by atoms with van der Waals surface area (Å²) in [5, 5.41) is 0. The summed E-state index contributed by atoms with van der Waals surface area (Å²) in [6, 6.07) is 0. The van der Waals surface area contributed by atoms with Gasteiger partial charge in [-0.25, -0.2) is 0 Å². The van der Waals surface area contributed by atoms with Gasteiger partial charge >= 0.3 is 5.97 Å². The topological polar surface area (TPSA) is 26.3 Å². The van der Waals surface area contributed by atoms with E-state index in [0.29, 0.717) is 17.8 Å². The Bertz CT molecular complexity index is 221. The molecule has 0 aromatic carbocycles. The number of hydrogen-bond acceptors (Lipinski definition) is 2. The minimum Gasteiger partial charge on any atom is -0.462 e. The van der Waals surface area contributed by atoms with Gasteiger partial charge in [-0.3, -0.25) is 4.79 Å². The summed E-state index contributed by atoms with van der Waals surface area (Å²) < 4.78 is 5.50. The van der Waals surface area contributed by atoms with Crippen LogP contribution >= 0.6 is 0 Å². The maximum absolute atomic E-state index is 11.4. The van der Waals surface area contributed by atoms with Gasteiger partial charge in [0.25, 0.3) is 0 Å². The van der Waals surface area contributed by atoms with E-state index in [4.69, 9.17) is 4.74 Å². The Labute approximate surface area is 93.4 Å². The lowest BCUT2D eigenvalue weighted by Crippen LogP contribution is -2.33. The molecule has 0 amide bonds. The van der Waals surface area contributed by atoms with Gasteiger partial charge in [0.2, 0.25) is 0 Å². The van der Waals surface area contributed by atoms with E-state index in [1.807, 2.05) is 6.92 Å². The average molecular weight is 212 g/mol. The summed E-state index contributed by atoms with van der Waals surface area (Å²) in [4.78, 5) is 11.4. The van der Waals surface area contributed by atoms with Gasteiger partial charge in [0.1, 0.15) is 6.10 Å². The Morgan fingerprint density at radius 1 is 1.40 bits per heavy atom. The van der Waals surface area contributed by atoms with Crippen LogP contribution in [0.3, 0.4) is 0 Å². The molecule has 88 valence electrons. The molecule has 0 radical (unpaired) electrons. The molecular weight excluding hydrogens is 188 g/mol. The Morgan fingerprint density at radius 3 is 2.60 bits per heavy atom. The van der Waals surface area contributed by atoms with E-state index in [1.165, 1.54) is 6.42 Å². The van der Waals surface area contributed by atoms with Gasteiger partial charge in [-0.2, -0.15) is 0 Å². The number of carbonyl (C=O) groups excluding carboxylic acids is 1. The van der Waals surface area contributed by atoms with Crippen LogP contribution in [-0.4, -0.2) is 12.1 Å². The first kappa shape index (κ1) is 12.5. The lowest BCUT2D eigenvalue weighted by atomic mass is 9.71. The predicted octanol–water partition coefficient (Wildman–Crippen LogP) is 3.54. The Morgan fingerprint density at radius 2 is 2.07 bits per heavy atom. The summed E-state index contributed by atoms with van der Waals surface area (Å²) in [6.45, 7) is 8.79. The third-order valence-electron chi connectivity index (χ3n) is 3.10. The van der Waals surface area contributed by atoms with Gasteiger partial charge in [-0.1, -0.05) is 27.7 Å². The van der Waals surface area contributed by atoms with E-state index in [2.05, 4.69) is 20.8 Å². The Kier molecular flexibility index (Phi) is 4.18. The Balaban J connectivity index is 2.45. The molecule has 0 heterocycles. The van der Waals surface area contributed by atoms with Crippen molar-refractivity contribution >= 4 is 5.97 Å². The van der Waals surface area contributed by atoms with Crippen LogP contribution in [0.25, 0.3) is 0 Å². The van der Waals surface area contributed by atoms with Crippen LogP contribution in [0.2, 0.25) is 0 Å². The van der Waals surface area contributed by atoms with Crippen molar-refractivity contribution in [2.24, 2.45) is 11.3 Å². The van der Waals surface area contributed by atoms with Gasteiger partial charge in [0.05, 0.1) is 0 Å². The molecule has 15 heavy (non-hydrogen) atoms. The van der Waals surface area contributed by atoms with E-state index >= 15 is 0 Å². The maximum Gasteiger partial charge on any atom is 0.306 e. The van der Waals surface area contributed by atoms with Crippen molar-refractivity contribution in [3.8, 4) is 0 Å². The van der Waals surface area contributed by atoms with Gasteiger partial charge in [0.15, 0.2) is 0 Å². The molecule has 0 bridgehead atoms. The van der Waals surface area contributed by atoms with E-state index in [9.17, 15) is 4.79 Å². The fourth-order valence-electron chi connectivity index (χ4n) is 2.80. The molecule has 1 aliphatic rings. The number of rotatable bonds is 3. The highest BCUT2D eigenvalue weighted by Gasteiger charge is 2.33. The number of carbonyl (C=O) groups is 1. The number of ether oxygens (including phenoxy) is 1. The van der Waals surface area contributed by atoms with Crippen molar-refractivity contribution < 1.29 is 9.53 Å². The zero-order valence-electron chi connectivity index (χ0n) is 10.5. The second-order valence-electron chi connectivity index (χ2n) is 5.78. The summed E-state index contributed by atoms with van der Waals surface area (Å²) in [7, 11) is 0. The van der Waals surface area contributed by atoms with Crippen molar-refractivity contribution in [2.75, 3.05) is 0 Å². The minimum atomic E-state index is -0.0209. The van der Waals surface area contributed by atoms with Crippen LogP contribution in [-0.2, 0) is 9.53 Å². The molecule has 1 aliphatic carbocycles. The van der Waals surface area contributed by atoms with Crippen LogP contribution in [0.1, 0.15) is 59.8 Å². The molecule has 0 aliphatic heterocycles. The summed E-state index contributed by atoms with van der Waals surface area (Å²) in [5.74, 6) is 0.653. The second-order valence-corrected chi connectivity index (χ2v) is 5.78. The summed E-state index contributed by atoms with van der Waals surface area (Å²) in [5.41, 5.74) is 0.328. The van der Waals surface area contributed by atoms with Crippen molar-refractivity contribution in [1.29, 1.82) is 0 Å². The van der Waals surface area contributed by atoms with Crippen molar-refractivity contribution in [2.45, 2.75) is 65.9 Å². The molecule has 0 aromatic heterocycles. The number of esters is 1. The minimum absolute atomic E-state index is 0.0209. The third kappa shape index (κ3) is 4.23. The van der Waals surface area contributed by atoms with Crippen LogP contribution in [0.15, 0.2) is 0 Å². The predicted molar refractivity (Wildman–Crippen MR) is 61.6 cm³/mol. The smallest absolute Gasteiger partial charge is 0.306 e. The molecule has 1 saturated carbocycles. The molecule has 2 heteroatoms. The standard InChI is InChI=1S/C13H24O2/c1-5-6-12(14)15-11-7-10(2)8-13(3,4)9-11/h10-11H,5-9H2,1-4H3. The Hall–Kier alpha value is -0.530. The molecule has 0 saturated heterocycles. The molecule has 0 spiro atoms. The lowest BCUT2D eigenvalue weighted by Gasteiger charge is -2.38. The molecule has 2 nitrogen and oxygen atoms in total. The van der Waals surface area contributed by atoms with Gasteiger partial charge in [0, 0.05) is 6.42 Å². The summed E-state index contributed by atoms with van der Waals surface area (Å²) >= 11 is 0. The fourth-order valence-corrected chi connectivity index (χ4v) is 2.80. The van der Waals surface area contributed by atoms with Crippen molar-refractivity contribution in [3.63, 3.8) is 0 Å². The normalized spacial score (nSPS) is 29.9. The monoisotopic (exact) mass is 212 g/mol. The molecular formula is C13H24O2. The van der Waals surface area contributed by atoms with Gasteiger partial charge < -0.3 is 4.74 Å². The zero-order chi connectivity index (χ0) is 11.5. The molecule has 1 rings (SSSR count). The molecule has 0 N–H and O–H groups in total. The molecule has 2 unspecified atom stereocenters. The maximum atomic E-state index is 11.4. The SMILES string of the molecule is CCCC(=O)OC1CC(C)CC(C)(C)C1. The van der Waals surface area contributed by atoms with E-state index in [0.717, 1.165) is 19.3 Å². The lowest BCUT2D eigenvalue weighted by molar-refractivity contribution is -0.153. The zero-order valence-corrected chi connectivity index (χ0v) is 10.5. The van der Waals surface area contributed by atoms with E-state index < -0.39 is 0 Å². The van der Waals surface area contributed by atoms with E-state index in [-0.39, 0.29) is 12.1 Å². The fraction of sp³-hybridized carbons (Fsp3) is 0.923. The van der Waals surface area contributed by atoms with Gasteiger partial charge in [-0.05, 0) is 37.0 Å². The second kappa shape index (κ2) is 5.00. The third-order valence-corrected chi connectivity index (χ3v) is 3.10. The molecule has 2 atom stereocenters. The average Bonchev–Trinajstić information content (AvgIpc) is 1.99. The first-order valence-corrected chi connectivity index (χ1v) is 6.12. The highest BCUT2D eigenvalue weighted by molar-refractivity contribution is 5.69. The highest BCUT2D eigenvalue weighted by atomic mass is 16.5. The largest absolute Gasteiger partial charge is 0.462 e. The summed E-state index contributed by atoms with van der Waals surface area (Å²) in [6.07, 6.45) is 4.90. The van der Waals surface area contributed by atoms with Crippen LogP contribution in [0.5, 0.6) is 0 Å². The van der Waals surface area contributed by atoms with Crippen molar-refractivity contribution in [3.05, 3.63) is 0 Å². The van der Waals surface area contributed by atoms with Crippen LogP contribution in [0.4, 0.5) is 0 Å². The first-order chi connectivity index (χ1) is 6.93. The first-order valence-electron chi connectivity index (χ1n) is 6.12. The molecule has 1 fully saturated rings.